The Morgan fingerprint density at radius 1 is 0.633 bits per heavy atom. The average molecular weight is 695 g/mol. The third-order valence-electron chi connectivity index (χ3n) is 6.44. The van der Waals surface area contributed by atoms with Gasteiger partial charge < -0.3 is 27.6 Å². The molecule has 15 heteroatoms. The van der Waals surface area contributed by atoms with E-state index in [4.69, 9.17) is 22.3 Å². The van der Waals surface area contributed by atoms with Crippen LogP contribution < -0.4 is 22.5 Å². The van der Waals surface area contributed by atoms with Crippen molar-refractivity contribution in [3.05, 3.63) is 131 Å². The van der Waals surface area contributed by atoms with E-state index < -0.39 is 17.8 Å². The quantitative estimate of drug-likeness (QED) is 0.142. The van der Waals surface area contributed by atoms with Gasteiger partial charge in [-0.3, -0.25) is 24.4 Å². The Morgan fingerprint density at radius 2 is 1.06 bits per heavy atom. The number of hydrogen-bond acceptors (Lipinski definition) is 11. The number of nitrogens with zero attached hydrogens (tertiary/aromatic N) is 4. The molecular formula is C34H30N8O5S2. The largest absolute Gasteiger partial charge is 0.478 e. The molecule has 3 amide bonds. The van der Waals surface area contributed by atoms with E-state index in [2.05, 4.69) is 25.3 Å². The number of carboxylic acids is 1. The Bertz CT molecular complexity index is 2070. The minimum absolute atomic E-state index is 0.0484. The van der Waals surface area contributed by atoms with Crippen LogP contribution in [0.15, 0.2) is 97.6 Å². The summed E-state index contributed by atoms with van der Waals surface area (Å²) in [5.74, 6) is -2.49. The first-order chi connectivity index (χ1) is 23.4. The summed E-state index contributed by atoms with van der Waals surface area (Å²) in [4.78, 5) is 61.4. The third kappa shape index (κ3) is 9.84. The summed E-state index contributed by atoms with van der Waals surface area (Å²) in [5, 5.41) is 13.1. The fourth-order valence-corrected chi connectivity index (χ4v) is 5.71. The standard InChI is InChI=1S/C17H14N4O2S.C9H8N4OS.C8H8O2/c1-10-2-4-11(5-3-10)15(23)21-17-13(14(18)22)20-16(24-17)12-6-8-19-9-7-12;10-7(14)6-8(11)15-9(13-6)5-1-3-12-4-2-5;1-6-2-4-7(5-3-6)8(9)10/h2-9H,1H3,(H2,18,22)(H,21,23);1-4H,11H2,(H2,10,14);2-5H,1H3,(H,9,10). The minimum Gasteiger partial charge on any atom is -0.478 e. The molecule has 0 atom stereocenters. The van der Waals surface area contributed by atoms with Crippen molar-refractivity contribution in [3.63, 3.8) is 0 Å². The van der Waals surface area contributed by atoms with E-state index in [1.807, 2.05) is 26.0 Å². The van der Waals surface area contributed by atoms with Crippen molar-refractivity contribution in [1.29, 1.82) is 0 Å². The topological polar surface area (TPSA) is 230 Å². The molecule has 4 aromatic heterocycles. The van der Waals surface area contributed by atoms with Crippen LogP contribution >= 0.6 is 22.7 Å². The Balaban J connectivity index is 0.000000184. The highest BCUT2D eigenvalue weighted by atomic mass is 32.1. The number of benzene rings is 2. The first kappa shape index (κ1) is 35.5. The third-order valence-corrected chi connectivity index (χ3v) is 8.39. The zero-order valence-corrected chi connectivity index (χ0v) is 27.8. The number of carbonyl (C=O) groups excluding carboxylic acids is 3. The predicted molar refractivity (Wildman–Crippen MR) is 189 cm³/mol. The number of nitrogen functional groups attached to an aromatic ring is 1. The molecule has 6 rings (SSSR count). The van der Waals surface area contributed by atoms with Gasteiger partial charge >= 0.3 is 5.97 Å². The lowest BCUT2D eigenvalue weighted by molar-refractivity contribution is 0.0696. The van der Waals surface area contributed by atoms with Crippen molar-refractivity contribution in [1.82, 2.24) is 19.9 Å². The minimum atomic E-state index is -0.875. The van der Waals surface area contributed by atoms with Gasteiger partial charge in [0.1, 0.15) is 20.0 Å². The molecule has 4 heterocycles. The van der Waals surface area contributed by atoms with Crippen molar-refractivity contribution in [2.45, 2.75) is 13.8 Å². The molecular weight excluding hydrogens is 665 g/mol. The number of nitrogens with one attached hydrogen (secondary N) is 1. The van der Waals surface area contributed by atoms with Crippen LogP contribution in [0.4, 0.5) is 10.0 Å². The molecule has 248 valence electrons. The summed E-state index contributed by atoms with van der Waals surface area (Å²) >= 11 is 2.43. The number of nitrogens with two attached hydrogens (primary N) is 3. The van der Waals surface area contributed by atoms with Gasteiger partial charge in [-0.25, -0.2) is 14.8 Å². The molecule has 0 aliphatic heterocycles. The second kappa shape index (κ2) is 16.5. The highest BCUT2D eigenvalue weighted by Gasteiger charge is 2.19. The molecule has 2 aromatic carbocycles. The van der Waals surface area contributed by atoms with Crippen LogP contribution in [0.5, 0.6) is 0 Å². The van der Waals surface area contributed by atoms with E-state index >= 15 is 0 Å². The van der Waals surface area contributed by atoms with E-state index in [1.54, 1.807) is 85.5 Å². The summed E-state index contributed by atoms with van der Waals surface area (Å²) in [6.45, 7) is 3.86. The smallest absolute Gasteiger partial charge is 0.335 e. The molecule has 0 aliphatic rings. The van der Waals surface area contributed by atoms with Crippen LogP contribution in [0.2, 0.25) is 0 Å². The highest BCUT2D eigenvalue weighted by molar-refractivity contribution is 7.19. The number of aromatic carboxylic acids is 1. The van der Waals surface area contributed by atoms with Gasteiger partial charge in [0.25, 0.3) is 17.7 Å². The van der Waals surface area contributed by atoms with Crippen LogP contribution in [0.1, 0.15) is 52.8 Å². The molecule has 0 aliphatic carbocycles. The van der Waals surface area contributed by atoms with Crippen LogP contribution in [0.3, 0.4) is 0 Å². The molecule has 0 spiro atoms. The van der Waals surface area contributed by atoms with Crippen molar-refractivity contribution >= 4 is 56.4 Å². The number of pyridine rings is 2. The number of aryl methyl sites for hydroxylation is 2. The van der Waals surface area contributed by atoms with E-state index in [0.29, 0.717) is 31.1 Å². The lowest BCUT2D eigenvalue weighted by Gasteiger charge is -2.04. The molecule has 49 heavy (non-hydrogen) atoms. The normalized spacial score (nSPS) is 10.1. The van der Waals surface area contributed by atoms with Crippen LogP contribution in [0.25, 0.3) is 21.1 Å². The van der Waals surface area contributed by atoms with Gasteiger partial charge in [-0.1, -0.05) is 58.1 Å². The fraction of sp³-hybridized carbons (Fsp3) is 0.0588. The number of carbonyl (C=O) groups is 4. The predicted octanol–water partition coefficient (Wildman–Crippen LogP) is 5.44. The maximum absolute atomic E-state index is 12.4. The fourth-order valence-electron chi connectivity index (χ4n) is 3.89. The zero-order chi connectivity index (χ0) is 35.5. The Morgan fingerprint density at radius 3 is 1.49 bits per heavy atom. The maximum atomic E-state index is 12.4. The number of thiazole rings is 2. The molecule has 0 radical (unpaired) electrons. The summed E-state index contributed by atoms with van der Waals surface area (Å²) in [5.41, 5.74) is 20.9. The van der Waals surface area contributed by atoms with Crippen molar-refractivity contribution in [2.75, 3.05) is 11.1 Å². The van der Waals surface area contributed by atoms with Gasteiger partial charge in [0, 0.05) is 41.5 Å². The molecule has 0 bridgehead atoms. The number of amides is 3. The SMILES string of the molecule is Cc1ccc(C(=O)Nc2sc(-c3ccncc3)nc2C(N)=O)cc1.Cc1ccc(C(=O)O)cc1.NC(=O)c1nc(-c2ccncc2)sc1N. The van der Waals surface area contributed by atoms with Crippen LogP contribution in [-0.4, -0.2) is 48.7 Å². The molecule has 0 fully saturated rings. The van der Waals surface area contributed by atoms with E-state index in [1.165, 1.54) is 22.7 Å². The first-order valence-electron chi connectivity index (χ1n) is 14.3. The van der Waals surface area contributed by atoms with Gasteiger partial charge in [-0.05, 0) is 62.4 Å². The number of hydrogen-bond donors (Lipinski definition) is 5. The number of rotatable bonds is 7. The first-order valence-corrected chi connectivity index (χ1v) is 15.9. The lowest BCUT2D eigenvalue weighted by Crippen LogP contribution is -2.17. The molecule has 0 saturated heterocycles. The van der Waals surface area contributed by atoms with E-state index in [9.17, 15) is 19.2 Å². The lowest BCUT2D eigenvalue weighted by atomic mass is 10.1. The van der Waals surface area contributed by atoms with E-state index in [-0.39, 0.29) is 17.3 Å². The molecule has 0 saturated carbocycles. The van der Waals surface area contributed by atoms with Crippen molar-refractivity contribution in [3.8, 4) is 21.1 Å². The van der Waals surface area contributed by atoms with Crippen molar-refractivity contribution < 1.29 is 24.3 Å². The average Bonchev–Trinajstić information content (AvgIpc) is 3.71. The van der Waals surface area contributed by atoms with Gasteiger partial charge in [0.05, 0.1) is 5.56 Å². The monoisotopic (exact) mass is 694 g/mol. The second-order valence-corrected chi connectivity index (χ2v) is 12.1. The highest BCUT2D eigenvalue weighted by Crippen LogP contribution is 2.32. The van der Waals surface area contributed by atoms with Gasteiger partial charge in [-0.2, -0.15) is 0 Å². The molecule has 8 N–H and O–H groups in total. The van der Waals surface area contributed by atoms with E-state index in [0.717, 1.165) is 22.3 Å². The van der Waals surface area contributed by atoms with Gasteiger partial charge in [0.2, 0.25) is 0 Å². The van der Waals surface area contributed by atoms with Gasteiger partial charge in [-0.15, -0.1) is 0 Å². The summed E-state index contributed by atoms with van der Waals surface area (Å²) in [6.07, 6.45) is 6.56. The van der Waals surface area contributed by atoms with Crippen LogP contribution in [-0.2, 0) is 0 Å². The Labute approximate surface area is 288 Å². The summed E-state index contributed by atoms with van der Waals surface area (Å²) in [6, 6.07) is 21.0. The molecule has 13 nitrogen and oxygen atoms in total. The number of aromatic nitrogens is 4. The number of anilines is 2. The molecule has 6 aromatic rings. The van der Waals surface area contributed by atoms with Crippen LogP contribution in [0, 0.1) is 13.8 Å². The Kier molecular flexibility index (Phi) is 12.0. The van der Waals surface area contributed by atoms with Crippen molar-refractivity contribution in [2.24, 2.45) is 11.5 Å². The zero-order valence-electron chi connectivity index (χ0n) is 26.2. The second-order valence-electron chi connectivity index (χ2n) is 10.1. The van der Waals surface area contributed by atoms with Gasteiger partial charge in [0.15, 0.2) is 11.4 Å². The number of carboxylic acid groups (broad SMARTS) is 1. The maximum Gasteiger partial charge on any atom is 0.335 e. The summed E-state index contributed by atoms with van der Waals surface area (Å²) in [7, 11) is 0. The number of primary amides is 2. The molecule has 0 unspecified atom stereocenters. The Hall–Kier alpha value is -6.32. The summed E-state index contributed by atoms with van der Waals surface area (Å²) < 4.78 is 0.